The van der Waals surface area contributed by atoms with Crippen LogP contribution in [0.15, 0.2) is 42.6 Å². The first-order valence-electron chi connectivity index (χ1n) is 8.39. The Bertz CT molecular complexity index is 707. The van der Waals surface area contributed by atoms with Gasteiger partial charge in [0, 0.05) is 31.5 Å². The summed E-state index contributed by atoms with van der Waals surface area (Å²) in [5.41, 5.74) is 2.52. The van der Waals surface area contributed by atoms with E-state index in [1.54, 1.807) is 18.3 Å². The number of nitrogens with zero attached hydrogens (tertiary/aromatic N) is 2. The molecule has 0 atom stereocenters. The molecule has 1 aromatic carbocycles. The maximum atomic E-state index is 11.9. The summed E-state index contributed by atoms with van der Waals surface area (Å²) in [4.78, 5) is 30.3. The van der Waals surface area contributed by atoms with Gasteiger partial charge in [-0.2, -0.15) is 0 Å². The fraction of sp³-hybridized carbons (Fsp3) is 0.316. The van der Waals surface area contributed by atoms with Crippen LogP contribution in [0.1, 0.15) is 25.0 Å². The minimum Gasteiger partial charge on any atom is -0.357 e. The Morgan fingerprint density at radius 1 is 1.00 bits per heavy atom. The zero-order chi connectivity index (χ0) is 18.2. The molecule has 0 saturated carbocycles. The molecule has 25 heavy (non-hydrogen) atoms. The lowest BCUT2D eigenvalue weighted by atomic mass is 10.2. The third-order valence-electron chi connectivity index (χ3n) is 3.87. The second-order valence-corrected chi connectivity index (χ2v) is 5.70. The van der Waals surface area contributed by atoms with Gasteiger partial charge in [0.1, 0.15) is 5.82 Å². The lowest BCUT2D eigenvalue weighted by Crippen LogP contribution is -2.35. The van der Waals surface area contributed by atoms with Crippen LogP contribution in [0.2, 0.25) is 0 Å². The van der Waals surface area contributed by atoms with Gasteiger partial charge in [0.2, 0.25) is 0 Å². The highest BCUT2D eigenvalue weighted by Crippen LogP contribution is 2.11. The number of hydrogen-bond acceptors (Lipinski definition) is 4. The standard InChI is InChI=1S/C19H24N4O2/c1-4-23(5-2)17-11-8-15(12-20-17)13-21-18(24)19(25)22-16-9-6-14(3)7-10-16/h6-12H,4-5,13H2,1-3H3,(H,21,24)(H,22,25). The number of amides is 2. The largest absolute Gasteiger partial charge is 0.357 e. The van der Waals surface area contributed by atoms with Gasteiger partial charge in [-0.3, -0.25) is 9.59 Å². The Kier molecular flexibility index (Phi) is 6.51. The average Bonchev–Trinajstić information content (AvgIpc) is 2.63. The Hall–Kier alpha value is -2.89. The Labute approximate surface area is 148 Å². The summed E-state index contributed by atoms with van der Waals surface area (Å²) < 4.78 is 0. The van der Waals surface area contributed by atoms with E-state index < -0.39 is 11.8 Å². The summed E-state index contributed by atoms with van der Waals surface area (Å²) in [5, 5.41) is 5.17. The molecule has 0 radical (unpaired) electrons. The summed E-state index contributed by atoms with van der Waals surface area (Å²) in [7, 11) is 0. The zero-order valence-electron chi connectivity index (χ0n) is 14.9. The predicted octanol–water partition coefficient (Wildman–Crippen LogP) is 2.49. The molecular weight excluding hydrogens is 316 g/mol. The van der Waals surface area contributed by atoms with E-state index in [1.807, 2.05) is 31.2 Å². The summed E-state index contributed by atoms with van der Waals surface area (Å²) in [6.07, 6.45) is 1.71. The van der Waals surface area contributed by atoms with Crippen LogP contribution in [0.25, 0.3) is 0 Å². The van der Waals surface area contributed by atoms with E-state index in [0.717, 1.165) is 30.0 Å². The maximum absolute atomic E-state index is 11.9. The van der Waals surface area contributed by atoms with Gasteiger partial charge in [0.15, 0.2) is 0 Å². The van der Waals surface area contributed by atoms with E-state index in [9.17, 15) is 9.59 Å². The molecule has 132 valence electrons. The molecular formula is C19H24N4O2. The molecule has 1 aromatic heterocycles. The van der Waals surface area contributed by atoms with Crippen LogP contribution in [0.3, 0.4) is 0 Å². The number of pyridine rings is 1. The highest BCUT2D eigenvalue weighted by Gasteiger charge is 2.13. The van der Waals surface area contributed by atoms with Gasteiger partial charge in [-0.1, -0.05) is 23.8 Å². The van der Waals surface area contributed by atoms with Crippen molar-refractivity contribution < 1.29 is 9.59 Å². The molecule has 2 amide bonds. The van der Waals surface area contributed by atoms with Crippen LogP contribution >= 0.6 is 0 Å². The van der Waals surface area contributed by atoms with Crippen LogP contribution < -0.4 is 15.5 Å². The van der Waals surface area contributed by atoms with Gasteiger partial charge in [-0.05, 0) is 44.5 Å². The molecule has 0 spiro atoms. The van der Waals surface area contributed by atoms with Gasteiger partial charge in [0.05, 0.1) is 0 Å². The molecule has 0 unspecified atom stereocenters. The Morgan fingerprint density at radius 2 is 1.68 bits per heavy atom. The lowest BCUT2D eigenvalue weighted by Gasteiger charge is -2.19. The van der Waals surface area contributed by atoms with Gasteiger partial charge < -0.3 is 15.5 Å². The number of aryl methyl sites for hydroxylation is 1. The number of carbonyl (C=O) groups is 2. The van der Waals surface area contributed by atoms with Crippen LogP contribution in [-0.2, 0) is 16.1 Å². The number of aromatic nitrogens is 1. The summed E-state index contributed by atoms with van der Waals surface area (Å²) in [5.74, 6) is -0.456. The first-order chi connectivity index (χ1) is 12.0. The van der Waals surface area contributed by atoms with E-state index in [0.29, 0.717) is 5.69 Å². The van der Waals surface area contributed by atoms with Crippen molar-refractivity contribution in [2.24, 2.45) is 0 Å². The summed E-state index contributed by atoms with van der Waals surface area (Å²) in [6.45, 7) is 8.14. The second-order valence-electron chi connectivity index (χ2n) is 5.70. The van der Waals surface area contributed by atoms with Gasteiger partial charge in [0.25, 0.3) is 0 Å². The molecule has 6 heteroatoms. The number of carbonyl (C=O) groups excluding carboxylic acids is 2. The van der Waals surface area contributed by atoms with Crippen LogP contribution in [0.4, 0.5) is 11.5 Å². The SMILES string of the molecule is CCN(CC)c1ccc(CNC(=O)C(=O)Nc2ccc(C)cc2)cn1. The topological polar surface area (TPSA) is 74.3 Å². The molecule has 0 saturated heterocycles. The first-order valence-corrected chi connectivity index (χ1v) is 8.39. The molecule has 6 nitrogen and oxygen atoms in total. The summed E-state index contributed by atoms with van der Waals surface area (Å²) in [6, 6.07) is 11.1. The van der Waals surface area contributed by atoms with Crippen molar-refractivity contribution in [2.75, 3.05) is 23.3 Å². The first kappa shape index (κ1) is 18.4. The zero-order valence-corrected chi connectivity index (χ0v) is 14.9. The van der Waals surface area contributed by atoms with Crippen molar-refractivity contribution in [1.29, 1.82) is 0 Å². The van der Waals surface area contributed by atoms with Crippen molar-refractivity contribution in [2.45, 2.75) is 27.3 Å². The third-order valence-corrected chi connectivity index (χ3v) is 3.87. The number of anilines is 2. The average molecular weight is 340 g/mol. The quantitative estimate of drug-likeness (QED) is 0.792. The lowest BCUT2D eigenvalue weighted by molar-refractivity contribution is -0.136. The molecule has 0 fully saturated rings. The molecule has 0 aliphatic carbocycles. The highest BCUT2D eigenvalue weighted by atomic mass is 16.2. The van der Waals surface area contributed by atoms with E-state index in [1.165, 1.54) is 0 Å². The number of hydrogen-bond donors (Lipinski definition) is 2. The predicted molar refractivity (Wildman–Crippen MR) is 99.5 cm³/mol. The van der Waals surface area contributed by atoms with Crippen molar-refractivity contribution in [3.63, 3.8) is 0 Å². The van der Waals surface area contributed by atoms with Crippen molar-refractivity contribution >= 4 is 23.3 Å². The minimum absolute atomic E-state index is 0.256. The summed E-state index contributed by atoms with van der Waals surface area (Å²) >= 11 is 0. The van der Waals surface area contributed by atoms with Crippen LogP contribution in [0, 0.1) is 6.92 Å². The Balaban J connectivity index is 1.86. The molecule has 0 aliphatic rings. The van der Waals surface area contributed by atoms with E-state index in [2.05, 4.69) is 34.4 Å². The Morgan fingerprint density at radius 3 is 2.24 bits per heavy atom. The molecule has 2 rings (SSSR count). The fourth-order valence-electron chi connectivity index (χ4n) is 2.34. The normalized spacial score (nSPS) is 10.2. The maximum Gasteiger partial charge on any atom is 0.313 e. The van der Waals surface area contributed by atoms with E-state index in [4.69, 9.17) is 0 Å². The number of rotatable bonds is 6. The van der Waals surface area contributed by atoms with Gasteiger partial charge >= 0.3 is 11.8 Å². The molecule has 2 N–H and O–H groups in total. The molecule has 1 heterocycles. The van der Waals surface area contributed by atoms with Gasteiger partial charge in [-0.15, -0.1) is 0 Å². The van der Waals surface area contributed by atoms with Crippen LogP contribution in [0.5, 0.6) is 0 Å². The fourth-order valence-corrected chi connectivity index (χ4v) is 2.34. The van der Waals surface area contributed by atoms with Crippen molar-refractivity contribution in [1.82, 2.24) is 10.3 Å². The van der Waals surface area contributed by atoms with E-state index >= 15 is 0 Å². The smallest absolute Gasteiger partial charge is 0.313 e. The van der Waals surface area contributed by atoms with Crippen molar-refractivity contribution in [3.05, 3.63) is 53.7 Å². The van der Waals surface area contributed by atoms with Gasteiger partial charge in [-0.25, -0.2) is 4.98 Å². The van der Waals surface area contributed by atoms with Crippen LogP contribution in [-0.4, -0.2) is 29.9 Å². The monoisotopic (exact) mass is 340 g/mol. The highest BCUT2D eigenvalue weighted by molar-refractivity contribution is 6.39. The molecule has 2 aromatic rings. The van der Waals surface area contributed by atoms with E-state index in [-0.39, 0.29) is 6.54 Å². The van der Waals surface area contributed by atoms with Crippen molar-refractivity contribution in [3.8, 4) is 0 Å². The minimum atomic E-state index is -0.684. The number of nitrogens with one attached hydrogen (secondary N) is 2. The second kappa shape index (κ2) is 8.82. The molecule has 0 aliphatic heterocycles. The number of benzene rings is 1. The third kappa shape index (κ3) is 5.31. The molecule has 0 bridgehead atoms.